The number of rotatable bonds is 6. The highest BCUT2D eigenvalue weighted by atomic mass is 16.5. The number of methoxy groups -OCH3 is 1. The number of hydrogen-bond donors (Lipinski definition) is 1. The lowest BCUT2D eigenvalue weighted by molar-refractivity contribution is 0.197. The van der Waals surface area contributed by atoms with Crippen LogP contribution in [0.1, 0.15) is 42.7 Å². The molecule has 1 fully saturated rings. The number of amides is 2. The lowest BCUT2D eigenvalue weighted by Crippen LogP contribution is -2.44. The highest BCUT2D eigenvalue weighted by Crippen LogP contribution is 2.41. The molecule has 1 aliphatic carbocycles. The van der Waals surface area contributed by atoms with Gasteiger partial charge in [-0.3, -0.25) is 0 Å². The lowest BCUT2D eigenvalue weighted by Gasteiger charge is -2.31. The van der Waals surface area contributed by atoms with Gasteiger partial charge in [0.05, 0.1) is 19.3 Å². The molecule has 1 aromatic carbocycles. The summed E-state index contributed by atoms with van der Waals surface area (Å²) >= 11 is 0. The summed E-state index contributed by atoms with van der Waals surface area (Å²) in [4.78, 5) is 14.1. The van der Waals surface area contributed by atoms with E-state index in [-0.39, 0.29) is 11.4 Å². The highest BCUT2D eigenvalue weighted by molar-refractivity contribution is 5.74. The Morgan fingerprint density at radius 1 is 1.31 bits per heavy atom. The van der Waals surface area contributed by atoms with Crippen molar-refractivity contribution in [3.63, 3.8) is 0 Å². The van der Waals surface area contributed by atoms with Crippen molar-refractivity contribution in [3.05, 3.63) is 47.3 Å². The molecule has 1 saturated carbocycles. The van der Waals surface area contributed by atoms with Crippen LogP contribution in [-0.2, 0) is 12.0 Å². The maximum Gasteiger partial charge on any atom is 0.317 e. The Bertz CT molecular complexity index is 733. The van der Waals surface area contributed by atoms with Crippen molar-refractivity contribution >= 4 is 6.03 Å². The molecule has 2 amide bonds. The van der Waals surface area contributed by atoms with Crippen LogP contribution in [0.2, 0.25) is 0 Å². The molecule has 3 rings (SSSR count). The maximum absolute atomic E-state index is 12.5. The van der Waals surface area contributed by atoms with Gasteiger partial charge < -0.3 is 19.5 Å². The monoisotopic (exact) mass is 357 g/mol. The predicted octanol–water partition coefficient (Wildman–Crippen LogP) is 3.65. The van der Waals surface area contributed by atoms with Crippen molar-refractivity contribution < 1.29 is 14.1 Å². The molecule has 6 nitrogen and oxygen atoms in total. The molecule has 1 aliphatic rings. The standard InChI is InChI=1S/C20H27N3O3/c1-15-12-18(26-22-15)13-23(2)19(24)21-14-20(10-4-5-11-20)16-6-8-17(25-3)9-7-16/h6-9,12H,4-5,10-11,13-14H2,1-3H3,(H,21,24). The number of nitrogens with zero attached hydrogens (tertiary/aromatic N) is 2. The van der Waals surface area contributed by atoms with Crippen LogP contribution >= 0.6 is 0 Å². The Morgan fingerprint density at radius 2 is 2.00 bits per heavy atom. The van der Waals surface area contributed by atoms with Crippen molar-refractivity contribution in [1.29, 1.82) is 0 Å². The van der Waals surface area contributed by atoms with Gasteiger partial charge in [0.2, 0.25) is 0 Å². The number of aromatic nitrogens is 1. The maximum atomic E-state index is 12.5. The minimum absolute atomic E-state index is 0.00555. The number of ether oxygens (including phenoxy) is 1. The number of carbonyl (C=O) groups is 1. The van der Waals surface area contributed by atoms with E-state index in [2.05, 4.69) is 22.6 Å². The molecule has 140 valence electrons. The van der Waals surface area contributed by atoms with Gasteiger partial charge in [-0.1, -0.05) is 30.1 Å². The molecule has 0 atom stereocenters. The zero-order valence-electron chi connectivity index (χ0n) is 15.7. The molecular weight excluding hydrogens is 330 g/mol. The molecule has 0 spiro atoms. The average molecular weight is 357 g/mol. The van der Waals surface area contributed by atoms with Crippen LogP contribution in [0.4, 0.5) is 4.79 Å². The largest absolute Gasteiger partial charge is 0.497 e. The fourth-order valence-electron chi connectivity index (χ4n) is 3.74. The van der Waals surface area contributed by atoms with Gasteiger partial charge in [0.25, 0.3) is 0 Å². The van der Waals surface area contributed by atoms with E-state index in [1.807, 2.05) is 25.1 Å². The molecule has 0 radical (unpaired) electrons. The Hall–Kier alpha value is -2.50. The normalized spacial score (nSPS) is 15.7. The highest BCUT2D eigenvalue weighted by Gasteiger charge is 2.36. The van der Waals surface area contributed by atoms with Crippen molar-refractivity contribution in [2.45, 2.75) is 44.6 Å². The quantitative estimate of drug-likeness (QED) is 0.857. The molecule has 1 heterocycles. The summed E-state index contributed by atoms with van der Waals surface area (Å²) in [6.07, 6.45) is 4.55. The van der Waals surface area contributed by atoms with Crippen LogP contribution in [0.15, 0.2) is 34.9 Å². The van der Waals surface area contributed by atoms with E-state index in [9.17, 15) is 4.79 Å². The van der Waals surface area contributed by atoms with E-state index >= 15 is 0 Å². The zero-order chi connectivity index (χ0) is 18.6. The number of aryl methyl sites for hydroxylation is 1. The Kier molecular flexibility index (Phi) is 5.49. The van der Waals surface area contributed by atoms with Crippen molar-refractivity contribution in [3.8, 4) is 5.75 Å². The number of carbonyl (C=O) groups excluding carboxylic acids is 1. The topological polar surface area (TPSA) is 67.6 Å². The van der Waals surface area contributed by atoms with Gasteiger partial charge in [-0.2, -0.15) is 0 Å². The Balaban J connectivity index is 1.63. The van der Waals surface area contributed by atoms with E-state index in [1.165, 1.54) is 18.4 Å². The van der Waals surface area contributed by atoms with Crippen molar-refractivity contribution in [1.82, 2.24) is 15.4 Å². The average Bonchev–Trinajstić information content (AvgIpc) is 3.29. The zero-order valence-corrected chi connectivity index (χ0v) is 15.7. The molecule has 26 heavy (non-hydrogen) atoms. The summed E-state index contributed by atoms with van der Waals surface area (Å²) in [5, 5.41) is 6.97. The van der Waals surface area contributed by atoms with Crippen LogP contribution in [0.5, 0.6) is 5.75 Å². The summed E-state index contributed by atoms with van der Waals surface area (Å²) in [5.74, 6) is 1.54. The van der Waals surface area contributed by atoms with Crippen molar-refractivity contribution in [2.24, 2.45) is 0 Å². The van der Waals surface area contributed by atoms with E-state index in [1.54, 1.807) is 19.1 Å². The van der Waals surface area contributed by atoms with Gasteiger partial charge in [-0.25, -0.2) is 4.79 Å². The SMILES string of the molecule is COc1ccc(C2(CNC(=O)N(C)Cc3cc(C)no3)CCCC2)cc1. The molecule has 1 aromatic heterocycles. The number of benzene rings is 1. The molecule has 1 N–H and O–H groups in total. The van der Waals surface area contributed by atoms with E-state index in [4.69, 9.17) is 9.26 Å². The van der Waals surface area contributed by atoms with Gasteiger partial charge in [-0.05, 0) is 37.5 Å². The third kappa shape index (κ3) is 4.00. The third-order valence-electron chi connectivity index (χ3n) is 5.26. The smallest absolute Gasteiger partial charge is 0.317 e. The van der Waals surface area contributed by atoms with E-state index < -0.39 is 0 Å². The van der Waals surface area contributed by atoms with Crippen LogP contribution in [0, 0.1) is 6.92 Å². The van der Waals surface area contributed by atoms with E-state index in [0.717, 1.165) is 24.3 Å². The first kappa shape index (κ1) is 18.3. The van der Waals surface area contributed by atoms with Gasteiger partial charge in [0.1, 0.15) is 5.75 Å². The second-order valence-corrected chi connectivity index (χ2v) is 7.17. The molecule has 0 saturated heterocycles. The Labute approximate surface area is 154 Å². The van der Waals surface area contributed by atoms with E-state index in [0.29, 0.717) is 18.8 Å². The second-order valence-electron chi connectivity index (χ2n) is 7.17. The molecule has 0 bridgehead atoms. The number of urea groups is 1. The van der Waals surface area contributed by atoms with Crippen LogP contribution in [-0.4, -0.2) is 36.8 Å². The number of nitrogens with one attached hydrogen (secondary N) is 1. The summed E-state index contributed by atoms with van der Waals surface area (Å²) in [7, 11) is 3.44. The van der Waals surface area contributed by atoms with Crippen molar-refractivity contribution in [2.75, 3.05) is 20.7 Å². The third-order valence-corrected chi connectivity index (χ3v) is 5.26. The van der Waals surface area contributed by atoms with Crippen LogP contribution in [0.25, 0.3) is 0 Å². The van der Waals surface area contributed by atoms with Gasteiger partial charge >= 0.3 is 6.03 Å². The second kappa shape index (κ2) is 7.81. The minimum Gasteiger partial charge on any atom is -0.497 e. The first-order valence-corrected chi connectivity index (χ1v) is 9.08. The Morgan fingerprint density at radius 3 is 2.58 bits per heavy atom. The molecule has 2 aromatic rings. The van der Waals surface area contributed by atoms with Crippen LogP contribution < -0.4 is 10.1 Å². The number of hydrogen-bond acceptors (Lipinski definition) is 4. The summed E-state index contributed by atoms with van der Waals surface area (Å²) in [5.41, 5.74) is 2.09. The summed E-state index contributed by atoms with van der Waals surface area (Å²) in [6, 6.07) is 9.98. The fraction of sp³-hybridized carbons (Fsp3) is 0.500. The molecule has 0 unspecified atom stereocenters. The van der Waals surface area contributed by atoms with Gasteiger partial charge in [0, 0.05) is 25.1 Å². The molecule has 6 heteroatoms. The minimum atomic E-state index is -0.0983. The van der Waals surface area contributed by atoms with Gasteiger partial charge in [-0.15, -0.1) is 0 Å². The molecule has 0 aliphatic heterocycles. The van der Waals surface area contributed by atoms with Gasteiger partial charge in [0.15, 0.2) is 5.76 Å². The molecular formula is C20H27N3O3. The summed E-state index contributed by atoms with van der Waals surface area (Å²) < 4.78 is 10.5. The summed E-state index contributed by atoms with van der Waals surface area (Å²) in [6.45, 7) is 2.91. The predicted molar refractivity (Wildman–Crippen MR) is 99.2 cm³/mol. The fourth-order valence-corrected chi connectivity index (χ4v) is 3.74. The first-order chi connectivity index (χ1) is 12.5. The first-order valence-electron chi connectivity index (χ1n) is 9.08. The van der Waals surface area contributed by atoms with Crippen LogP contribution in [0.3, 0.4) is 0 Å². The lowest BCUT2D eigenvalue weighted by atomic mass is 9.79.